The highest BCUT2D eigenvalue weighted by molar-refractivity contribution is 6.05. The molecule has 2 aromatic carbocycles. The van der Waals surface area contributed by atoms with Gasteiger partial charge in [0.2, 0.25) is 0 Å². The maximum Gasteiger partial charge on any atom is 0.255 e. The average molecular weight is 272 g/mol. The molecule has 5 nitrogen and oxygen atoms in total. The highest BCUT2D eigenvalue weighted by Gasteiger charge is 2.11. The molecule has 0 radical (unpaired) electrons. The summed E-state index contributed by atoms with van der Waals surface area (Å²) in [5, 5.41) is 12.2. The number of hydrogen-bond acceptors (Lipinski definition) is 4. The molecule has 0 saturated carbocycles. The summed E-state index contributed by atoms with van der Waals surface area (Å²) in [4.78, 5) is 12.2. The van der Waals surface area contributed by atoms with Crippen molar-refractivity contribution in [2.24, 2.45) is 0 Å². The lowest BCUT2D eigenvalue weighted by atomic mass is 10.1. The normalized spacial score (nSPS) is 10.1. The number of aryl methyl sites for hydroxylation is 1. The zero-order valence-corrected chi connectivity index (χ0v) is 11.3. The van der Waals surface area contributed by atoms with Crippen molar-refractivity contribution in [3.63, 3.8) is 0 Å². The van der Waals surface area contributed by atoms with Crippen LogP contribution in [0.15, 0.2) is 36.4 Å². The molecule has 20 heavy (non-hydrogen) atoms. The fourth-order valence-electron chi connectivity index (χ4n) is 1.80. The molecule has 0 aromatic heterocycles. The van der Waals surface area contributed by atoms with Crippen LogP contribution in [-0.2, 0) is 0 Å². The quantitative estimate of drug-likeness (QED) is 0.750. The Labute approximate surface area is 117 Å². The van der Waals surface area contributed by atoms with Crippen LogP contribution in [0, 0.1) is 6.92 Å². The minimum atomic E-state index is -0.281. The molecular formula is C15H16N2O3. The van der Waals surface area contributed by atoms with E-state index >= 15 is 0 Å². The standard InChI is InChI=1S/C15H16N2O3/c1-9-7-10(3-6-13(9)18)15(19)17-12-5-4-11(16)8-14(12)20-2/h3-8,18H,16H2,1-2H3,(H,17,19). The van der Waals surface area contributed by atoms with Crippen LogP contribution in [0.1, 0.15) is 15.9 Å². The smallest absolute Gasteiger partial charge is 0.255 e. The molecular weight excluding hydrogens is 256 g/mol. The number of hydrogen-bond donors (Lipinski definition) is 3. The van der Waals surface area contributed by atoms with E-state index in [4.69, 9.17) is 10.5 Å². The number of nitrogens with two attached hydrogens (primary N) is 1. The Balaban J connectivity index is 2.25. The first-order valence-electron chi connectivity index (χ1n) is 6.05. The third-order valence-electron chi connectivity index (χ3n) is 2.93. The van der Waals surface area contributed by atoms with Gasteiger partial charge in [-0.25, -0.2) is 0 Å². The van der Waals surface area contributed by atoms with Gasteiger partial charge in [-0.15, -0.1) is 0 Å². The molecule has 0 heterocycles. The van der Waals surface area contributed by atoms with Gasteiger partial charge in [0.25, 0.3) is 5.91 Å². The monoisotopic (exact) mass is 272 g/mol. The Morgan fingerprint density at radius 3 is 2.65 bits per heavy atom. The summed E-state index contributed by atoms with van der Waals surface area (Å²) in [6, 6.07) is 9.66. The Morgan fingerprint density at radius 1 is 1.25 bits per heavy atom. The first-order chi connectivity index (χ1) is 9.51. The Kier molecular flexibility index (Phi) is 3.79. The molecule has 2 aromatic rings. The van der Waals surface area contributed by atoms with E-state index < -0.39 is 0 Å². The van der Waals surface area contributed by atoms with Gasteiger partial charge in [-0.1, -0.05) is 0 Å². The zero-order valence-electron chi connectivity index (χ0n) is 11.3. The average Bonchev–Trinajstić information content (AvgIpc) is 2.43. The molecule has 104 valence electrons. The molecule has 0 spiro atoms. The summed E-state index contributed by atoms with van der Waals surface area (Å²) < 4.78 is 5.17. The second kappa shape index (κ2) is 5.52. The van der Waals surface area contributed by atoms with E-state index in [2.05, 4.69) is 5.32 Å². The van der Waals surface area contributed by atoms with E-state index in [9.17, 15) is 9.90 Å². The number of ether oxygens (including phenoxy) is 1. The van der Waals surface area contributed by atoms with Gasteiger partial charge >= 0.3 is 0 Å². The number of carbonyl (C=O) groups is 1. The maximum atomic E-state index is 12.2. The minimum absolute atomic E-state index is 0.159. The molecule has 5 heteroatoms. The summed E-state index contributed by atoms with van der Waals surface area (Å²) in [5.74, 6) is 0.372. The number of phenols is 1. The van der Waals surface area contributed by atoms with E-state index in [1.807, 2.05) is 0 Å². The number of benzene rings is 2. The van der Waals surface area contributed by atoms with Crippen LogP contribution in [0.5, 0.6) is 11.5 Å². The third kappa shape index (κ3) is 2.83. The molecule has 0 unspecified atom stereocenters. The Hall–Kier alpha value is -2.69. The molecule has 0 fully saturated rings. The number of anilines is 2. The van der Waals surface area contributed by atoms with Gasteiger partial charge in [0.15, 0.2) is 0 Å². The Bertz CT molecular complexity index is 654. The van der Waals surface area contributed by atoms with E-state index in [-0.39, 0.29) is 11.7 Å². The lowest BCUT2D eigenvalue weighted by Gasteiger charge is -2.11. The molecule has 0 aliphatic rings. The van der Waals surface area contributed by atoms with Crippen LogP contribution in [0.4, 0.5) is 11.4 Å². The molecule has 0 atom stereocenters. The molecule has 4 N–H and O–H groups in total. The van der Waals surface area contributed by atoms with Gasteiger partial charge in [-0.05, 0) is 42.8 Å². The largest absolute Gasteiger partial charge is 0.508 e. The van der Waals surface area contributed by atoms with Crippen LogP contribution < -0.4 is 15.8 Å². The van der Waals surface area contributed by atoms with Crippen molar-refractivity contribution in [1.29, 1.82) is 0 Å². The van der Waals surface area contributed by atoms with E-state index in [0.29, 0.717) is 28.3 Å². The van der Waals surface area contributed by atoms with Crippen LogP contribution in [-0.4, -0.2) is 18.1 Å². The van der Waals surface area contributed by atoms with E-state index in [1.165, 1.54) is 13.2 Å². The van der Waals surface area contributed by atoms with Crippen molar-refractivity contribution in [3.05, 3.63) is 47.5 Å². The van der Waals surface area contributed by atoms with Crippen LogP contribution >= 0.6 is 0 Å². The predicted molar refractivity (Wildman–Crippen MR) is 78.2 cm³/mol. The van der Waals surface area contributed by atoms with Gasteiger partial charge in [0.1, 0.15) is 11.5 Å². The van der Waals surface area contributed by atoms with Crippen molar-refractivity contribution >= 4 is 17.3 Å². The van der Waals surface area contributed by atoms with Gasteiger partial charge in [-0.3, -0.25) is 4.79 Å². The first-order valence-corrected chi connectivity index (χ1v) is 6.05. The molecule has 0 saturated heterocycles. The number of phenolic OH excluding ortho intramolecular Hbond substituents is 1. The van der Waals surface area contributed by atoms with Gasteiger partial charge in [0.05, 0.1) is 12.8 Å². The number of rotatable bonds is 3. The van der Waals surface area contributed by atoms with Crippen LogP contribution in [0.3, 0.4) is 0 Å². The summed E-state index contributed by atoms with van der Waals surface area (Å²) in [6.45, 7) is 1.73. The zero-order chi connectivity index (χ0) is 14.7. The molecule has 2 rings (SSSR count). The second-order valence-electron chi connectivity index (χ2n) is 4.42. The van der Waals surface area contributed by atoms with Gasteiger partial charge in [0, 0.05) is 17.3 Å². The number of nitrogen functional groups attached to an aromatic ring is 1. The number of amides is 1. The first kappa shape index (κ1) is 13.7. The van der Waals surface area contributed by atoms with Crippen LogP contribution in [0.25, 0.3) is 0 Å². The number of nitrogens with one attached hydrogen (secondary N) is 1. The summed E-state index contributed by atoms with van der Waals surface area (Å²) in [6.07, 6.45) is 0. The molecule has 0 aliphatic heterocycles. The van der Waals surface area contributed by atoms with Crippen molar-refractivity contribution in [2.75, 3.05) is 18.2 Å². The van der Waals surface area contributed by atoms with Crippen molar-refractivity contribution < 1.29 is 14.6 Å². The number of methoxy groups -OCH3 is 1. The van der Waals surface area contributed by atoms with Crippen molar-refractivity contribution in [3.8, 4) is 11.5 Å². The predicted octanol–water partition coefficient (Wildman–Crippen LogP) is 2.54. The van der Waals surface area contributed by atoms with E-state index in [1.54, 1.807) is 37.3 Å². The third-order valence-corrected chi connectivity index (χ3v) is 2.93. The van der Waals surface area contributed by atoms with E-state index in [0.717, 1.165) is 0 Å². The lowest BCUT2D eigenvalue weighted by molar-refractivity contribution is 0.102. The van der Waals surface area contributed by atoms with Gasteiger partial charge < -0.3 is 20.9 Å². The number of carbonyl (C=O) groups excluding carboxylic acids is 1. The van der Waals surface area contributed by atoms with Crippen LogP contribution in [0.2, 0.25) is 0 Å². The number of aromatic hydroxyl groups is 1. The molecule has 1 amide bonds. The Morgan fingerprint density at radius 2 is 2.00 bits per heavy atom. The SMILES string of the molecule is COc1cc(N)ccc1NC(=O)c1ccc(O)c(C)c1. The summed E-state index contributed by atoms with van der Waals surface area (Å²) in [5.41, 5.74) is 7.85. The summed E-state index contributed by atoms with van der Waals surface area (Å²) >= 11 is 0. The fraction of sp³-hybridized carbons (Fsp3) is 0.133. The molecule has 0 bridgehead atoms. The highest BCUT2D eigenvalue weighted by atomic mass is 16.5. The lowest BCUT2D eigenvalue weighted by Crippen LogP contribution is -2.12. The minimum Gasteiger partial charge on any atom is -0.508 e. The van der Waals surface area contributed by atoms with Crippen molar-refractivity contribution in [2.45, 2.75) is 6.92 Å². The highest BCUT2D eigenvalue weighted by Crippen LogP contribution is 2.27. The second-order valence-corrected chi connectivity index (χ2v) is 4.42. The maximum absolute atomic E-state index is 12.2. The van der Waals surface area contributed by atoms with Crippen molar-refractivity contribution in [1.82, 2.24) is 0 Å². The van der Waals surface area contributed by atoms with Gasteiger partial charge in [-0.2, -0.15) is 0 Å². The summed E-state index contributed by atoms with van der Waals surface area (Å²) in [7, 11) is 1.51. The fourth-order valence-corrected chi connectivity index (χ4v) is 1.80. The molecule has 0 aliphatic carbocycles. The topological polar surface area (TPSA) is 84.6 Å².